The van der Waals surface area contributed by atoms with Crippen molar-refractivity contribution in [2.24, 2.45) is 0 Å². The lowest BCUT2D eigenvalue weighted by atomic mass is 9.90. The number of carbonyl (C=O) groups excluding carboxylic acids is 1. The summed E-state index contributed by atoms with van der Waals surface area (Å²) < 4.78 is 5.57. The first-order chi connectivity index (χ1) is 5.45. The van der Waals surface area contributed by atoms with Crippen molar-refractivity contribution in [3.05, 3.63) is 12.2 Å². The van der Waals surface area contributed by atoms with Gasteiger partial charge in [0.05, 0.1) is 5.60 Å². The minimum atomic E-state index is -0.996. The number of carbonyl (C=O) groups is 1. The molecule has 0 saturated carbocycles. The average molecular weight is 168 g/mol. The number of aliphatic hydroxyl groups is 1. The van der Waals surface area contributed by atoms with Crippen molar-refractivity contribution in [1.82, 2.24) is 0 Å². The predicted molar refractivity (Wildman–Crippen MR) is 42.7 cm³/mol. The van der Waals surface area contributed by atoms with Crippen molar-refractivity contribution < 1.29 is 14.6 Å². The van der Waals surface area contributed by atoms with Gasteiger partial charge in [0.2, 0.25) is 0 Å². The monoisotopic (exact) mass is 168 g/mol. The topological polar surface area (TPSA) is 46.5 Å². The molecule has 2 bridgehead atoms. The van der Waals surface area contributed by atoms with Crippen LogP contribution in [0.4, 0.5) is 0 Å². The lowest BCUT2D eigenvalue weighted by Crippen LogP contribution is -2.53. The van der Waals surface area contributed by atoms with Gasteiger partial charge in [-0.1, -0.05) is 12.2 Å². The van der Waals surface area contributed by atoms with Gasteiger partial charge in [-0.25, -0.2) is 0 Å². The zero-order valence-electron chi connectivity index (χ0n) is 7.20. The maximum atomic E-state index is 11.3. The van der Waals surface area contributed by atoms with Crippen LogP contribution in [-0.4, -0.2) is 28.2 Å². The molecule has 2 rings (SSSR count). The number of rotatable bonds is 0. The molecular weight excluding hydrogens is 156 g/mol. The second-order valence-electron chi connectivity index (χ2n) is 3.98. The summed E-state index contributed by atoms with van der Waals surface area (Å²) in [4.78, 5) is 11.3. The third-order valence-electron chi connectivity index (χ3n) is 2.59. The molecule has 0 aromatic carbocycles. The van der Waals surface area contributed by atoms with Crippen LogP contribution in [0.15, 0.2) is 12.2 Å². The second kappa shape index (κ2) is 1.98. The summed E-state index contributed by atoms with van der Waals surface area (Å²) in [6.07, 6.45) is 2.92. The zero-order chi connectivity index (χ0) is 8.98. The molecule has 0 unspecified atom stereocenters. The van der Waals surface area contributed by atoms with Gasteiger partial charge in [0.1, 0.15) is 11.7 Å². The highest BCUT2D eigenvalue weighted by molar-refractivity contribution is 5.87. The van der Waals surface area contributed by atoms with Gasteiger partial charge in [-0.2, -0.15) is 0 Å². The van der Waals surface area contributed by atoms with E-state index in [1.165, 1.54) is 0 Å². The molecule has 1 fully saturated rings. The minimum absolute atomic E-state index is 0.128. The molecule has 1 saturated heterocycles. The van der Waals surface area contributed by atoms with Crippen LogP contribution < -0.4 is 0 Å². The van der Waals surface area contributed by atoms with E-state index in [1.54, 1.807) is 13.0 Å². The average Bonchev–Trinajstić information content (AvgIpc) is 2.22. The summed E-state index contributed by atoms with van der Waals surface area (Å²) in [5, 5.41) is 9.51. The summed E-state index contributed by atoms with van der Waals surface area (Å²) >= 11 is 0. The first-order valence-electron chi connectivity index (χ1n) is 4.07. The van der Waals surface area contributed by atoms with Gasteiger partial charge in [-0.15, -0.1) is 0 Å². The standard InChI is InChI=1S/C9H12O3/c1-8-3-4-9(2,12-8)7(11)6(10)5-8/h3-4,7,11H,5H2,1-2H3/t7-,8-,9+/m1/s1. The Morgan fingerprint density at radius 2 is 2.25 bits per heavy atom. The maximum Gasteiger partial charge on any atom is 0.167 e. The van der Waals surface area contributed by atoms with Gasteiger partial charge in [-0.3, -0.25) is 4.79 Å². The molecule has 0 spiro atoms. The van der Waals surface area contributed by atoms with Gasteiger partial charge in [0.25, 0.3) is 0 Å². The number of hydrogen-bond donors (Lipinski definition) is 1. The molecule has 0 radical (unpaired) electrons. The fourth-order valence-electron chi connectivity index (χ4n) is 1.92. The number of aliphatic hydroxyl groups excluding tert-OH is 1. The number of hydrogen-bond acceptors (Lipinski definition) is 3. The van der Waals surface area contributed by atoms with Crippen LogP contribution in [-0.2, 0) is 9.53 Å². The van der Waals surface area contributed by atoms with Crippen molar-refractivity contribution in [3.63, 3.8) is 0 Å². The molecule has 1 N–H and O–H groups in total. The third-order valence-corrected chi connectivity index (χ3v) is 2.59. The normalized spacial score (nSPS) is 51.6. The van der Waals surface area contributed by atoms with Crippen LogP contribution in [0.3, 0.4) is 0 Å². The van der Waals surface area contributed by atoms with Crippen LogP contribution in [0.1, 0.15) is 20.3 Å². The summed E-state index contributed by atoms with van der Waals surface area (Å²) in [5.74, 6) is -0.128. The van der Waals surface area contributed by atoms with Gasteiger partial charge in [0, 0.05) is 6.42 Å². The molecular formula is C9H12O3. The number of fused-ring (bicyclic) bond motifs is 2. The molecule has 2 aliphatic rings. The SMILES string of the molecule is C[C@]12C=C[C@](C)(O1)[C@H](O)C(=O)C2. The maximum absolute atomic E-state index is 11.3. The van der Waals surface area contributed by atoms with Crippen LogP contribution in [0.25, 0.3) is 0 Å². The molecule has 12 heavy (non-hydrogen) atoms. The molecule has 3 atom stereocenters. The summed E-state index contributed by atoms with van der Waals surface area (Å²) in [6.45, 7) is 3.59. The number of ether oxygens (including phenoxy) is 1. The molecule has 66 valence electrons. The van der Waals surface area contributed by atoms with Crippen molar-refractivity contribution in [1.29, 1.82) is 0 Å². The minimum Gasteiger partial charge on any atom is -0.382 e. The second-order valence-corrected chi connectivity index (χ2v) is 3.98. The van der Waals surface area contributed by atoms with Gasteiger partial charge < -0.3 is 9.84 Å². The fourth-order valence-corrected chi connectivity index (χ4v) is 1.92. The smallest absolute Gasteiger partial charge is 0.167 e. The Morgan fingerprint density at radius 3 is 2.92 bits per heavy atom. The van der Waals surface area contributed by atoms with E-state index < -0.39 is 17.3 Å². The van der Waals surface area contributed by atoms with Gasteiger partial charge in [-0.05, 0) is 13.8 Å². The summed E-state index contributed by atoms with van der Waals surface area (Å²) in [7, 11) is 0. The fraction of sp³-hybridized carbons (Fsp3) is 0.667. The van der Waals surface area contributed by atoms with Crippen LogP contribution >= 0.6 is 0 Å². The van der Waals surface area contributed by atoms with Gasteiger partial charge >= 0.3 is 0 Å². The van der Waals surface area contributed by atoms with Crippen LogP contribution in [0, 0.1) is 0 Å². The molecule has 0 aliphatic carbocycles. The van der Waals surface area contributed by atoms with Crippen molar-refractivity contribution >= 4 is 5.78 Å². The lowest BCUT2D eigenvalue weighted by molar-refractivity contribution is -0.177. The highest BCUT2D eigenvalue weighted by Gasteiger charge is 2.52. The Morgan fingerprint density at radius 1 is 1.58 bits per heavy atom. The zero-order valence-corrected chi connectivity index (χ0v) is 7.20. The molecule has 0 amide bonds. The Kier molecular flexibility index (Phi) is 1.31. The molecule has 2 aliphatic heterocycles. The van der Waals surface area contributed by atoms with E-state index in [0.29, 0.717) is 0 Å². The Hall–Kier alpha value is -0.670. The Labute approximate surface area is 71.0 Å². The molecule has 2 heterocycles. The predicted octanol–water partition coefficient (Wildman–Crippen LogP) is 0.424. The largest absolute Gasteiger partial charge is 0.382 e. The van der Waals surface area contributed by atoms with Crippen molar-refractivity contribution in [2.75, 3.05) is 0 Å². The summed E-state index contributed by atoms with van der Waals surface area (Å²) in [5.41, 5.74) is -1.27. The molecule has 3 heteroatoms. The van der Waals surface area contributed by atoms with E-state index >= 15 is 0 Å². The summed E-state index contributed by atoms with van der Waals surface area (Å²) in [6, 6.07) is 0. The highest BCUT2D eigenvalue weighted by atomic mass is 16.5. The van der Waals surface area contributed by atoms with E-state index in [0.717, 1.165) is 0 Å². The Bertz CT molecular complexity index is 271. The number of ketones is 1. The lowest BCUT2D eigenvalue weighted by Gasteiger charge is -2.38. The van der Waals surface area contributed by atoms with E-state index in [9.17, 15) is 9.90 Å². The molecule has 0 aromatic rings. The Balaban J connectivity index is 2.40. The third kappa shape index (κ3) is 0.867. The highest BCUT2D eigenvalue weighted by Crippen LogP contribution is 2.40. The van der Waals surface area contributed by atoms with Gasteiger partial charge in [0.15, 0.2) is 5.78 Å². The van der Waals surface area contributed by atoms with Crippen LogP contribution in [0.5, 0.6) is 0 Å². The quantitative estimate of drug-likeness (QED) is 0.533. The first kappa shape index (κ1) is 7.95. The van der Waals surface area contributed by atoms with Crippen molar-refractivity contribution in [3.8, 4) is 0 Å². The van der Waals surface area contributed by atoms with E-state index in [2.05, 4.69) is 0 Å². The van der Waals surface area contributed by atoms with E-state index in [4.69, 9.17) is 4.74 Å². The van der Waals surface area contributed by atoms with E-state index in [-0.39, 0.29) is 12.2 Å². The number of Topliss-reactive ketones (excluding diaryl/α,β-unsaturated/α-hetero) is 1. The molecule has 0 aromatic heterocycles. The van der Waals surface area contributed by atoms with E-state index in [1.807, 2.05) is 13.0 Å². The first-order valence-corrected chi connectivity index (χ1v) is 4.07. The molecule has 3 nitrogen and oxygen atoms in total. The van der Waals surface area contributed by atoms with Crippen molar-refractivity contribution in [2.45, 2.75) is 37.6 Å². The van der Waals surface area contributed by atoms with Crippen LogP contribution in [0.2, 0.25) is 0 Å².